The number of unbranched alkanes of at least 4 members (excludes halogenated alkanes) is 3. The first kappa shape index (κ1) is 22.6. The maximum atomic E-state index is 13.7. The number of urea groups is 1. The number of rotatable bonds is 9. The normalized spacial score (nSPS) is 20.8. The van der Waals surface area contributed by atoms with Gasteiger partial charge in [-0.25, -0.2) is 13.6 Å². The quantitative estimate of drug-likeness (QED) is 0.593. The molecule has 166 valence electrons. The molecule has 0 aromatic heterocycles. The number of hydrogen-bond acceptors (Lipinski definition) is 4. The minimum Gasteiger partial charge on any atom is -0.330 e. The first-order chi connectivity index (χ1) is 14.4. The lowest BCUT2D eigenvalue weighted by Crippen LogP contribution is -2.49. The average molecular weight is 423 g/mol. The van der Waals surface area contributed by atoms with Gasteiger partial charge in [-0.15, -0.1) is 0 Å². The molecule has 1 aromatic rings. The van der Waals surface area contributed by atoms with Gasteiger partial charge in [0.05, 0.1) is 0 Å². The molecule has 8 heteroatoms. The van der Waals surface area contributed by atoms with Gasteiger partial charge in [0.2, 0.25) is 5.91 Å². The zero-order chi connectivity index (χ0) is 21.6. The highest BCUT2D eigenvalue weighted by molar-refractivity contribution is 6.05. The summed E-state index contributed by atoms with van der Waals surface area (Å²) in [6.45, 7) is 1.76. The Hall–Kier alpha value is -2.06. The van der Waals surface area contributed by atoms with E-state index in [0.29, 0.717) is 26.2 Å². The largest absolute Gasteiger partial charge is 0.330 e. The van der Waals surface area contributed by atoms with Crippen molar-refractivity contribution in [2.45, 2.75) is 63.3 Å². The lowest BCUT2D eigenvalue weighted by molar-refractivity contribution is -0.120. The zero-order valence-corrected chi connectivity index (χ0v) is 17.4. The molecule has 1 atom stereocenters. The van der Waals surface area contributed by atoms with Crippen molar-refractivity contribution in [1.29, 1.82) is 0 Å². The van der Waals surface area contributed by atoms with E-state index in [4.69, 9.17) is 5.73 Å². The number of benzene rings is 1. The third kappa shape index (κ3) is 5.98. The summed E-state index contributed by atoms with van der Waals surface area (Å²) in [5, 5.41) is 2.35. The summed E-state index contributed by atoms with van der Waals surface area (Å²) >= 11 is 0. The lowest BCUT2D eigenvalue weighted by atomic mass is 9.95. The Balaban J connectivity index is 1.75. The number of nitrogens with two attached hydrogens (primary N) is 1. The number of hydrogen-bond donors (Lipinski definition) is 2. The lowest BCUT2D eigenvalue weighted by Gasteiger charge is -2.38. The Bertz CT molecular complexity index is 734. The highest BCUT2D eigenvalue weighted by Gasteiger charge is 2.36. The van der Waals surface area contributed by atoms with Crippen molar-refractivity contribution in [3.8, 4) is 0 Å². The van der Waals surface area contributed by atoms with Crippen LogP contribution in [-0.2, 0) is 4.79 Å². The maximum absolute atomic E-state index is 13.7. The molecule has 2 aliphatic heterocycles. The van der Waals surface area contributed by atoms with Crippen molar-refractivity contribution >= 4 is 17.6 Å². The molecule has 0 radical (unpaired) electrons. The van der Waals surface area contributed by atoms with Crippen molar-refractivity contribution < 1.29 is 18.4 Å². The SMILES string of the molecule is NCCCCCCC(c1cccc(N2CCC(=O)NC2=O)c1)N1CCC(F)(F)CC1. The van der Waals surface area contributed by atoms with Crippen LogP contribution >= 0.6 is 0 Å². The molecule has 1 aromatic carbocycles. The van der Waals surface area contributed by atoms with Crippen LogP contribution in [0, 0.1) is 0 Å². The number of piperidine rings is 1. The van der Waals surface area contributed by atoms with Gasteiger partial charge in [0, 0.05) is 50.6 Å². The molecule has 3 amide bonds. The molecule has 2 saturated heterocycles. The van der Waals surface area contributed by atoms with Gasteiger partial charge >= 0.3 is 6.03 Å². The van der Waals surface area contributed by atoms with Crippen LogP contribution in [0.1, 0.15) is 63.0 Å². The number of carbonyl (C=O) groups is 2. The molecule has 0 aliphatic carbocycles. The van der Waals surface area contributed by atoms with E-state index < -0.39 is 12.0 Å². The van der Waals surface area contributed by atoms with Crippen LogP contribution in [0.15, 0.2) is 24.3 Å². The highest BCUT2D eigenvalue weighted by atomic mass is 19.3. The average Bonchev–Trinajstić information content (AvgIpc) is 2.71. The second-order valence-electron chi connectivity index (χ2n) is 8.25. The number of alkyl halides is 2. The summed E-state index contributed by atoms with van der Waals surface area (Å²) in [6, 6.07) is 7.34. The highest BCUT2D eigenvalue weighted by Crippen LogP contribution is 2.36. The Labute approximate surface area is 176 Å². The Morgan fingerprint density at radius 1 is 1.07 bits per heavy atom. The fourth-order valence-corrected chi connectivity index (χ4v) is 4.27. The molecule has 2 fully saturated rings. The number of nitrogens with zero attached hydrogens (tertiary/aromatic N) is 2. The number of halogens is 2. The van der Waals surface area contributed by atoms with E-state index in [0.717, 1.165) is 43.4 Å². The van der Waals surface area contributed by atoms with E-state index in [2.05, 4.69) is 10.2 Å². The molecular formula is C22H32F2N4O2. The molecule has 2 aliphatic rings. The third-order valence-corrected chi connectivity index (χ3v) is 6.02. The predicted octanol–water partition coefficient (Wildman–Crippen LogP) is 3.81. The van der Waals surface area contributed by atoms with Gasteiger partial charge in [-0.2, -0.15) is 0 Å². The predicted molar refractivity (Wildman–Crippen MR) is 113 cm³/mol. The van der Waals surface area contributed by atoms with Crippen molar-refractivity contribution in [2.75, 3.05) is 31.1 Å². The van der Waals surface area contributed by atoms with Crippen LogP contribution in [0.4, 0.5) is 19.3 Å². The fraction of sp³-hybridized carbons (Fsp3) is 0.636. The number of imide groups is 1. The van der Waals surface area contributed by atoms with E-state index in [-0.39, 0.29) is 31.2 Å². The number of anilines is 1. The molecule has 0 spiro atoms. The Morgan fingerprint density at radius 3 is 2.50 bits per heavy atom. The van der Waals surface area contributed by atoms with Gasteiger partial charge in [-0.3, -0.25) is 19.9 Å². The molecule has 30 heavy (non-hydrogen) atoms. The maximum Gasteiger partial charge on any atom is 0.328 e. The summed E-state index contributed by atoms with van der Waals surface area (Å²) in [4.78, 5) is 27.4. The minimum atomic E-state index is -2.58. The zero-order valence-electron chi connectivity index (χ0n) is 17.4. The van der Waals surface area contributed by atoms with E-state index in [1.807, 2.05) is 24.3 Å². The Morgan fingerprint density at radius 2 is 1.80 bits per heavy atom. The van der Waals surface area contributed by atoms with Gasteiger partial charge in [0.15, 0.2) is 0 Å². The first-order valence-corrected chi connectivity index (χ1v) is 10.9. The van der Waals surface area contributed by atoms with Crippen LogP contribution < -0.4 is 16.0 Å². The monoisotopic (exact) mass is 422 g/mol. The van der Waals surface area contributed by atoms with Crippen molar-refractivity contribution in [2.24, 2.45) is 5.73 Å². The number of nitrogens with one attached hydrogen (secondary N) is 1. The minimum absolute atomic E-state index is 0.0356. The number of amides is 3. The van der Waals surface area contributed by atoms with Gasteiger partial charge in [0.1, 0.15) is 0 Å². The summed E-state index contributed by atoms with van der Waals surface area (Å²) in [5.41, 5.74) is 7.33. The third-order valence-electron chi connectivity index (χ3n) is 6.02. The molecular weight excluding hydrogens is 390 g/mol. The second-order valence-corrected chi connectivity index (χ2v) is 8.25. The summed E-state index contributed by atoms with van der Waals surface area (Å²) in [5.74, 6) is -2.85. The summed E-state index contributed by atoms with van der Waals surface area (Å²) < 4.78 is 27.4. The topological polar surface area (TPSA) is 78.7 Å². The number of carbonyl (C=O) groups excluding carboxylic acids is 2. The van der Waals surface area contributed by atoms with Gasteiger partial charge < -0.3 is 5.73 Å². The molecule has 3 N–H and O–H groups in total. The van der Waals surface area contributed by atoms with Crippen LogP contribution in [0.2, 0.25) is 0 Å². The number of likely N-dealkylation sites (tertiary alicyclic amines) is 1. The molecule has 6 nitrogen and oxygen atoms in total. The second kappa shape index (κ2) is 10.3. The van der Waals surface area contributed by atoms with E-state index in [1.54, 1.807) is 4.90 Å². The fourth-order valence-electron chi connectivity index (χ4n) is 4.27. The van der Waals surface area contributed by atoms with E-state index in [9.17, 15) is 18.4 Å². The van der Waals surface area contributed by atoms with Crippen LogP contribution in [0.3, 0.4) is 0 Å². The van der Waals surface area contributed by atoms with Crippen molar-refractivity contribution in [1.82, 2.24) is 10.2 Å². The van der Waals surface area contributed by atoms with Gasteiger partial charge in [0.25, 0.3) is 5.92 Å². The molecule has 1 unspecified atom stereocenters. The van der Waals surface area contributed by atoms with Crippen molar-refractivity contribution in [3.05, 3.63) is 29.8 Å². The first-order valence-electron chi connectivity index (χ1n) is 10.9. The van der Waals surface area contributed by atoms with Gasteiger partial charge in [-0.05, 0) is 37.1 Å². The molecule has 2 heterocycles. The van der Waals surface area contributed by atoms with Crippen LogP contribution in [-0.4, -0.2) is 48.9 Å². The summed E-state index contributed by atoms with van der Waals surface area (Å²) in [7, 11) is 0. The van der Waals surface area contributed by atoms with E-state index in [1.165, 1.54) is 0 Å². The smallest absolute Gasteiger partial charge is 0.328 e. The van der Waals surface area contributed by atoms with Gasteiger partial charge in [-0.1, -0.05) is 31.4 Å². The molecule has 3 rings (SSSR count). The molecule has 0 bridgehead atoms. The van der Waals surface area contributed by atoms with Crippen molar-refractivity contribution in [3.63, 3.8) is 0 Å². The summed E-state index contributed by atoms with van der Waals surface area (Å²) in [6.07, 6.45) is 5.04. The van der Waals surface area contributed by atoms with Crippen LogP contribution in [0.5, 0.6) is 0 Å². The van der Waals surface area contributed by atoms with E-state index >= 15 is 0 Å². The Kier molecular flexibility index (Phi) is 7.77. The van der Waals surface area contributed by atoms with Crippen LogP contribution in [0.25, 0.3) is 0 Å². The molecule has 0 saturated carbocycles. The standard InChI is InChI=1S/C22H32F2N4O2/c23-22(24)10-14-27(15-11-22)19(8-3-1-2-4-12-25)17-6-5-7-18(16-17)28-13-9-20(29)26-21(28)30/h5-7,16,19H,1-4,8-15,25H2,(H,26,29,30).